The predicted octanol–water partition coefficient (Wildman–Crippen LogP) is 5.07. The highest BCUT2D eigenvalue weighted by Crippen LogP contribution is 2.35. The Balaban J connectivity index is 1.78. The van der Waals surface area contributed by atoms with Gasteiger partial charge in [0.15, 0.2) is 0 Å². The Kier molecular flexibility index (Phi) is 6.56. The molecule has 0 spiro atoms. The normalized spacial score (nSPS) is 16.1. The largest absolute Gasteiger partial charge is 0.381 e. The van der Waals surface area contributed by atoms with Gasteiger partial charge in [0, 0.05) is 30.9 Å². The molecule has 3 rings (SSSR count). The molecule has 0 aromatic heterocycles. The monoisotopic (exact) mass is 373 g/mol. The summed E-state index contributed by atoms with van der Waals surface area (Å²) in [6, 6.07) is 11.1. The Morgan fingerprint density at radius 1 is 1.15 bits per heavy atom. The van der Waals surface area contributed by atoms with Crippen LogP contribution >= 0.6 is 0 Å². The second-order valence-electron chi connectivity index (χ2n) is 6.98. The van der Waals surface area contributed by atoms with Gasteiger partial charge in [-0.3, -0.25) is 4.79 Å². The van der Waals surface area contributed by atoms with Crippen molar-refractivity contribution in [2.45, 2.75) is 38.5 Å². The number of ether oxygens (including phenoxy) is 1. The molecule has 1 fully saturated rings. The lowest BCUT2D eigenvalue weighted by atomic mass is 9.79. The number of anilines is 1. The van der Waals surface area contributed by atoms with Crippen LogP contribution < -0.4 is 5.32 Å². The van der Waals surface area contributed by atoms with Gasteiger partial charge in [-0.15, -0.1) is 0 Å². The van der Waals surface area contributed by atoms with Crippen LogP contribution in [0.15, 0.2) is 42.5 Å². The molecule has 1 aliphatic heterocycles. The molecule has 1 aliphatic rings. The summed E-state index contributed by atoms with van der Waals surface area (Å²) < 4.78 is 32.7. The summed E-state index contributed by atoms with van der Waals surface area (Å²) in [5.74, 6) is -0.478. The van der Waals surface area contributed by atoms with Crippen molar-refractivity contribution in [3.63, 3.8) is 0 Å². The molecule has 27 heavy (non-hydrogen) atoms. The van der Waals surface area contributed by atoms with Crippen LogP contribution in [0.25, 0.3) is 0 Å². The van der Waals surface area contributed by atoms with E-state index in [-0.39, 0.29) is 29.9 Å². The number of carbonyl (C=O) groups is 1. The average molecular weight is 373 g/mol. The molecule has 0 saturated carbocycles. The van der Waals surface area contributed by atoms with Gasteiger partial charge >= 0.3 is 0 Å². The third-order valence-corrected chi connectivity index (χ3v) is 5.28. The first-order chi connectivity index (χ1) is 13.1. The van der Waals surface area contributed by atoms with Crippen molar-refractivity contribution in [3.8, 4) is 0 Å². The van der Waals surface area contributed by atoms with Crippen LogP contribution in [0.2, 0.25) is 0 Å². The summed E-state index contributed by atoms with van der Waals surface area (Å²) in [5, 5.41) is 2.87. The number of benzene rings is 2. The summed E-state index contributed by atoms with van der Waals surface area (Å²) in [5.41, 5.74) is 1.98. The molecule has 0 bridgehead atoms. The molecule has 1 saturated heterocycles. The number of carbonyl (C=O) groups excluding carboxylic acids is 1. The lowest BCUT2D eigenvalue weighted by molar-refractivity contribution is -0.117. The van der Waals surface area contributed by atoms with Crippen molar-refractivity contribution in [2.75, 3.05) is 18.5 Å². The first kappa shape index (κ1) is 19.5. The molecule has 1 atom stereocenters. The van der Waals surface area contributed by atoms with E-state index in [0.29, 0.717) is 36.8 Å². The zero-order chi connectivity index (χ0) is 19.2. The number of hydrogen-bond acceptors (Lipinski definition) is 2. The molecule has 1 N–H and O–H groups in total. The Labute approximate surface area is 158 Å². The Bertz CT molecular complexity index is 770. The third-order valence-electron chi connectivity index (χ3n) is 5.28. The number of hydrogen-bond donors (Lipinski definition) is 1. The summed E-state index contributed by atoms with van der Waals surface area (Å²) in [6.07, 6.45) is 2.52. The van der Waals surface area contributed by atoms with E-state index in [4.69, 9.17) is 4.74 Å². The second kappa shape index (κ2) is 9.09. The van der Waals surface area contributed by atoms with Crippen molar-refractivity contribution < 1.29 is 18.3 Å². The molecule has 1 heterocycles. The third kappa shape index (κ3) is 4.92. The maximum Gasteiger partial charge on any atom is 0.225 e. The minimum atomic E-state index is -0.310. The zero-order valence-electron chi connectivity index (χ0n) is 15.5. The van der Waals surface area contributed by atoms with Crippen molar-refractivity contribution in [3.05, 3.63) is 65.2 Å². The molecule has 0 unspecified atom stereocenters. The Hall–Kier alpha value is -2.27. The van der Waals surface area contributed by atoms with Crippen LogP contribution in [0.5, 0.6) is 0 Å². The lowest BCUT2D eigenvalue weighted by Crippen LogP contribution is -2.26. The van der Waals surface area contributed by atoms with Crippen molar-refractivity contribution in [1.82, 2.24) is 0 Å². The number of rotatable bonds is 6. The molecule has 2 aromatic carbocycles. The molecular formula is C22H25F2NO2. The van der Waals surface area contributed by atoms with Crippen molar-refractivity contribution >= 4 is 11.6 Å². The van der Waals surface area contributed by atoms with Crippen LogP contribution in [-0.2, 0) is 16.0 Å². The molecule has 1 amide bonds. The highest BCUT2D eigenvalue weighted by atomic mass is 19.1. The van der Waals surface area contributed by atoms with E-state index in [1.807, 2.05) is 6.92 Å². The fourth-order valence-corrected chi connectivity index (χ4v) is 3.82. The van der Waals surface area contributed by atoms with Crippen LogP contribution in [-0.4, -0.2) is 19.1 Å². The number of amides is 1. The van der Waals surface area contributed by atoms with Gasteiger partial charge in [-0.2, -0.15) is 0 Å². The summed E-state index contributed by atoms with van der Waals surface area (Å²) >= 11 is 0. The van der Waals surface area contributed by atoms with E-state index in [9.17, 15) is 13.6 Å². The highest BCUT2D eigenvalue weighted by Gasteiger charge is 2.28. The van der Waals surface area contributed by atoms with E-state index >= 15 is 0 Å². The van der Waals surface area contributed by atoms with Crippen LogP contribution in [0.3, 0.4) is 0 Å². The quantitative estimate of drug-likeness (QED) is 0.768. The lowest BCUT2D eigenvalue weighted by Gasteiger charge is -2.30. The van der Waals surface area contributed by atoms with E-state index in [1.54, 1.807) is 24.3 Å². The topological polar surface area (TPSA) is 38.3 Å². The van der Waals surface area contributed by atoms with Gasteiger partial charge in [-0.1, -0.05) is 25.1 Å². The smallest absolute Gasteiger partial charge is 0.225 e. The average Bonchev–Trinajstić information content (AvgIpc) is 2.68. The first-order valence-electron chi connectivity index (χ1n) is 9.49. The molecule has 5 heteroatoms. The van der Waals surface area contributed by atoms with Crippen LogP contribution in [0.1, 0.15) is 43.2 Å². The van der Waals surface area contributed by atoms with E-state index in [0.717, 1.165) is 18.4 Å². The first-order valence-corrected chi connectivity index (χ1v) is 9.49. The van der Waals surface area contributed by atoms with Crippen LogP contribution in [0, 0.1) is 17.6 Å². The summed E-state index contributed by atoms with van der Waals surface area (Å²) in [7, 11) is 0. The van der Waals surface area contributed by atoms with Gasteiger partial charge in [-0.25, -0.2) is 8.78 Å². The van der Waals surface area contributed by atoms with Gasteiger partial charge in [0.1, 0.15) is 11.6 Å². The summed E-state index contributed by atoms with van der Waals surface area (Å²) in [6.45, 7) is 3.21. The maximum absolute atomic E-state index is 14.0. The van der Waals surface area contributed by atoms with E-state index < -0.39 is 0 Å². The highest BCUT2D eigenvalue weighted by molar-refractivity contribution is 5.92. The van der Waals surface area contributed by atoms with Crippen molar-refractivity contribution in [1.29, 1.82) is 0 Å². The standard InChI is InChI=1S/C22H25F2NO2/c1-2-18-20(24)4-3-5-21(18)25-22(26)14-19(16-10-12-27-13-11-16)15-6-8-17(23)9-7-15/h3-9,16,19H,2,10-14H2,1H3,(H,25,26)/t19-/m0/s1. The summed E-state index contributed by atoms with van der Waals surface area (Å²) in [4.78, 5) is 12.7. The molecule has 0 radical (unpaired) electrons. The van der Waals surface area contributed by atoms with Gasteiger partial charge < -0.3 is 10.1 Å². The van der Waals surface area contributed by atoms with Gasteiger partial charge in [0.05, 0.1) is 0 Å². The van der Waals surface area contributed by atoms with Gasteiger partial charge in [-0.05, 0) is 60.9 Å². The Morgan fingerprint density at radius 2 is 1.85 bits per heavy atom. The maximum atomic E-state index is 14.0. The number of nitrogens with one attached hydrogen (secondary N) is 1. The van der Waals surface area contributed by atoms with Crippen LogP contribution in [0.4, 0.5) is 14.5 Å². The zero-order valence-corrected chi connectivity index (χ0v) is 15.5. The van der Waals surface area contributed by atoms with Gasteiger partial charge in [0.2, 0.25) is 5.91 Å². The molecular weight excluding hydrogens is 348 g/mol. The minimum absolute atomic E-state index is 0.0202. The second-order valence-corrected chi connectivity index (χ2v) is 6.98. The molecule has 2 aromatic rings. The molecule has 144 valence electrons. The molecule has 3 nitrogen and oxygen atoms in total. The predicted molar refractivity (Wildman–Crippen MR) is 102 cm³/mol. The number of halogens is 2. The van der Waals surface area contributed by atoms with Crippen molar-refractivity contribution in [2.24, 2.45) is 5.92 Å². The Morgan fingerprint density at radius 3 is 2.52 bits per heavy atom. The van der Waals surface area contributed by atoms with E-state index in [2.05, 4.69) is 5.32 Å². The van der Waals surface area contributed by atoms with E-state index in [1.165, 1.54) is 18.2 Å². The van der Waals surface area contributed by atoms with Gasteiger partial charge in [0.25, 0.3) is 0 Å². The fourth-order valence-electron chi connectivity index (χ4n) is 3.82. The molecule has 0 aliphatic carbocycles. The minimum Gasteiger partial charge on any atom is -0.381 e. The SMILES string of the molecule is CCc1c(F)cccc1NC(=O)C[C@@H](c1ccc(F)cc1)C1CCOCC1. The fraction of sp³-hybridized carbons (Fsp3) is 0.409.